The van der Waals surface area contributed by atoms with Gasteiger partial charge in [-0.15, -0.1) is 0 Å². The first-order valence-electron chi connectivity index (χ1n) is 6.59. The maximum atomic E-state index is 13.7. The van der Waals surface area contributed by atoms with Crippen molar-refractivity contribution in [2.75, 3.05) is 7.11 Å². The van der Waals surface area contributed by atoms with Crippen molar-refractivity contribution in [3.63, 3.8) is 0 Å². The van der Waals surface area contributed by atoms with Gasteiger partial charge >= 0.3 is 0 Å². The summed E-state index contributed by atoms with van der Waals surface area (Å²) in [6.45, 7) is 4.61. The van der Waals surface area contributed by atoms with Gasteiger partial charge in [0.2, 0.25) is 0 Å². The minimum absolute atomic E-state index is 0.0396. The van der Waals surface area contributed by atoms with Gasteiger partial charge in [0, 0.05) is 18.3 Å². The maximum Gasteiger partial charge on any atom is 0.165 e. The Bertz CT molecular complexity index is 586. The molecule has 1 aromatic carbocycles. The fourth-order valence-electron chi connectivity index (χ4n) is 2.03. The highest BCUT2D eigenvalue weighted by Crippen LogP contribution is 2.21. The third-order valence-electron chi connectivity index (χ3n) is 3.21. The predicted octanol–water partition coefficient (Wildman–Crippen LogP) is 3.39. The van der Waals surface area contributed by atoms with Crippen LogP contribution in [0.1, 0.15) is 29.9 Å². The van der Waals surface area contributed by atoms with Crippen molar-refractivity contribution < 1.29 is 9.13 Å². The van der Waals surface area contributed by atoms with Crippen LogP contribution in [0.5, 0.6) is 5.75 Å². The number of rotatable bonds is 5. The molecule has 106 valence electrons. The minimum Gasteiger partial charge on any atom is -0.494 e. The average molecular weight is 274 g/mol. The number of hydrogen-bond donors (Lipinski definition) is 1. The number of aromatic nitrogens is 1. The summed E-state index contributed by atoms with van der Waals surface area (Å²) in [5.74, 6) is -0.0753. The number of halogens is 1. The van der Waals surface area contributed by atoms with Gasteiger partial charge in [0.25, 0.3) is 0 Å². The molecule has 0 amide bonds. The van der Waals surface area contributed by atoms with Crippen LogP contribution in [0.15, 0.2) is 36.4 Å². The molecule has 4 heteroatoms. The van der Waals surface area contributed by atoms with Crippen LogP contribution in [0, 0.1) is 12.7 Å². The summed E-state index contributed by atoms with van der Waals surface area (Å²) in [6.07, 6.45) is 0. The average Bonchev–Trinajstić information content (AvgIpc) is 2.44. The van der Waals surface area contributed by atoms with Gasteiger partial charge in [-0.3, -0.25) is 4.98 Å². The van der Waals surface area contributed by atoms with E-state index in [9.17, 15) is 4.39 Å². The molecule has 0 fully saturated rings. The van der Waals surface area contributed by atoms with E-state index in [1.807, 2.05) is 38.1 Å². The molecule has 0 bridgehead atoms. The molecular weight excluding hydrogens is 255 g/mol. The lowest BCUT2D eigenvalue weighted by Crippen LogP contribution is -2.19. The van der Waals surface area contributed by atoms with E-state index in [0.29, 0.717) is 6.54 Å². The van der Waals surface area contributed by atoms with Gasteiger partial charge in [-0.25, -0.2) is 4.39 Å². The first-order valence-corrected chi connectivity index (χ1v) is 6.59. The van der Waals surface area contributed by atoms with Gasteiger partial charge in [-0.2, -0.15) is 0 Å². The van der Waals surface area contributed by atoms with Crippen LogP contribution < -0.4 is 10.1 Å². The number of nitrogens with one attached hydrogen (secondary N) is 1. The normalized spacial score (nSPS) is 12.2. The van der Waals surface area contributed by atoms with Crippen LogP contribution in [-0.2, 0) is 6.54 Å². The fraction of sp³-hybridized carbons (Fsp3) is 0.312. The zero-order valence-electron chi connectivity index (χ0n) is 12.0. The molecule has 0 aliphatic carbocycles. The Morgan fingerprint density at radius 3 is 2.75 bits per heavy atom. The highest BCUT2D eigenvalue weighted by atomic mass is 19.1. The molecule has 2 aromatic rings. The van der Waals surface area contributed by atoms with Crippen molar-refractivity contribution in [2.24, 2.45) is 0 Å². The molecule has 20 heavy (non-hydrogen) atoms. The number of nitrogens with zero attached hydrogens (tertiary/aromatic N) is 1. The molecule has 1 unspecified atom stereocenters. The molecule has 0 saturated carbocycles. The van der Waals surface area contributed by atoms with Crippen LogP contribution in [-0.4, -0.2) is 12.1 Å². The first-order chi connectivity index (χ1) is 9.60. The molecule has 1 aromatic heterocycles. The Morgan fingerprint density at radius 1 is 1.30 bits per heavy atom. The number of aryl methyl sites for hydroxylation is 1. The summed E-state index contributed by atoms with van der Waals surface area (Å²) in [5, 5.41) is 3.34. The van der Waals surface area contributed by atoms with E-state index < -0.39 is 0 Å². The summed E-state index contributed by atoms with van der Waals surface area (Å²) < 4.78 is 18.6. The Hall–Kier alpha value is -1.94. The van der Waals surface area contributed by atoms with Crippen molar-refractivity contribution in [3.05, 3.63) is 59.2 Å². The molecule has 1 heterocycles. The summed E-state index contributed by atoms with van der Waals surface area (Å²) in [6, 6.07) is 11.0. The van der Waals surface area contributed by atoms with Crippen molar-refractivity contribution in [1.29, 1.82) is 0 Å². The zero-order valence-corrected chi connectivity index (χ0v) is 12.0. The Kier molecular flexibility index (Phi) is 4.69. The van der Waals surface area contributed by atoms with Crippen LogP contribution in [0.3, 0.4) is 0 Å². The van der Waals surface area contributed by atoms with Crippen molar-refractivity contribution in [2.45, 2.75) is 26.4 Å². The second kappa shape index (κ2) is 6.48. The van der Waals surface area contributed by atoms with Crippen LogP contribution in [0.2, 0.25) is 0 Å². The van der Waals surface area contributed by atoms with E-state index in [-0.39, 0.29) is 17.6 Å². The number of pyridine rings is 1. The van der Waals surface area contributed by atoms with Gasteiger partial charge < -0.3 is 10.1 Å². The molecular formula is C16H19FN2O. The number of methoxy groups -OCH3 is 1. The van der Waals surface area contributed by atoms with Gasteiger partial charge in [0.05, 0.1) is 12.8 Å². The molecule has 2 rings (SSSR count). The van der Waals surface area contributed by atoms with E-state index in [0.717, 1.165) is 17.0 Å². The van der Waals surface area contributed by atoms with Gasteiger partial charge in [-0.05, 0) is 43.7 Å². The second-order valence-electron chi connectivity index (χ2n) is 4.77. The maximum absolute atomic E-state index is 13.7. The third kappa shape index (κ3) is 3.54. The van der Waals surface area contributed by atoms with Crippen LogP contribution in [0.4, 0.5) is 4.39 Å². The van der Waals surface area contributed by atoms with E-state index in [4.69, 9.17) is 4.74 Å². The van der Waals surface area contributed by atoms with E-state index >= 15 is 0 Å². The molecule has 3 nitrogen and oxygen atoms in total. The molecule has 0 spiro atoms. The minimum atomic E-state index is -0.340. The SMILES string of the molecule is COc1ccc(C(C)NCc2cccc(C)n2)cc1F. The topological polar surface area (TPSA) is 34.1 Å². The lowest BCUT2D eigenvalue weighted by molar-refractivity contribution is 0.385. The van der Waals surface area contributed by atoms with E-state index in [1.165, 1.54) is 13.2 Å². The second-order valence-corrected chi connectivity index (χ2v) is 4.77. The van der Waals surface area contributed by atoms with E-state index in [2.05, 4.69) is 10.3 Å². The van der Waals surface area contributed by atoms with Crippen molar-refractivity contribution >= 4 is 0 Å². The van der Waals surface area contributed by atoms with Gasteiger partial charge in [-0.1, -0.05) is 12.1 Å². The quantitative estimate of drug-likeness (QED) is 0.907. The number of ether oxygens (including phenoxy) is 1. The van der Waals surface area contributed by atoms with Crippen LogP contribution >= 0.6 is 0 Å². The molecule has 0 aliphatic rings. The lowest BCUT2D eigenvalue weighted by atomic mass is 10.1. The molecule has 0 radical (unpaired) electrons. The zero-order chi connectivity index (χ0) is 14.5. The van der Waals surface area contributed by atoms with Gasteiger partial charge in [0.1, 0.15) is 0 Å². The summed E-state index contributed by atoms with van der Waals surface area (Å²) in [4.78, 5) is 4.43. The van der Waals surface area contributed by atoms with Crippen molar-refractivity contribution in [1.82, 2.24) is 10.3 Å². The van der Waals surface area contributed by atoms with Gasteiger partial charge in [0.15, 0.2) is 11.6 Å². The Labute approximate surface area is 118 Å². The standard InChI is InChI=1S/C16H19FN2O/c1-11-5-4-6-14(19-11)10-18-12(2)13-7-8-16(20-3)15(17)9-13/h4-9,12,18H,10H2,1-3H3. The lowest BCUT2D eigenvalue weighted by Gasteiger charge is -2.15. The summed E-state index contributed by atoms with van der Waals surface area (Å²) in [7, 11) is 1.46. The highest BCUT2D eigenvalue weighted by molar-refractivity contribution is 5.30. The Balaban J connectivity index is 2.01. The number of hydrogen-bond acceptors (Lipinski definition) is 3. The molecule has 0 aliphatic heterocycles. The summed E-state index contributed by atoms with van der Waals surface area (Å²) >= 11 is 0. The largest absolute Gasteiger partial charge is 0.494 e. The monoisotopic (exact) mass is 274 g/mol. The molecule has 1 N–H and O–H groups in total. The Morgan fingerprint density at radius 2 is 2.10 bits per heavy atom. The fourth-order valence-corrected chi connectivity index (χ4v) is 2.03. The highest BCUT2D eigenvalue weighted by Gasteiger charge is 2.09. The van der Waals surface area contributed by atoms with Crippen molar-refractivity contribution in [3.8, 4) is 5.75 Å². The van der Waals surface area contributed by atoms with E-state index in [1.54, 1.807) is 6.07 Å². The third-order valence-corrected chi connectivity index (χ3v) is 3.21. The smallest absolute Gasteiger partial charge is 0.165 e. The first kappa shape index (κ1) is 14.5. The molecule has 1 atom stereocenters. The van der Waals surface area contributed by atoms with Crippen LogP contribution in [0.25, 0.3) is 0 Å². The molecule has 0 saturated heterocycles. The predicted molar refractivity (Wildman–Crippen MR) is 77.2 cm³/mol. The number of benzene rings is 1. The summed E-state index contributed by atoms with van der Waals surface area (Å²) in [5.41, 5.74) is 2.86.